The quantitative estimate of drug-likeness (QED) is 0.863. The molecule has 2 N–H and O–H groups in total. The van der Waals surface area contributed by atoms with Crippen LogP contribution in [0.4, 0.5) is 11.6 Å². The highest BCUT2D eigenvalue weighted by Gasteiger charge is 2.34. The Labute approximate surface area is 121 Å². The summed E-state index contributed by atoms with van der Waals surface area (Å²) in [6.45, 7) is 6.63. The lowest BCUT2D eigenvalue weighted by Crippen LogP contribution is -2.28. The zero-order chi connectivity index (χ0) is 14.1. The van der Waals surface area contributed by atoms with E-state index in [0.29, 0.717) is 12.0 Å². The average molecular weight is 275 g/mol. The molecule has 1 unspecified atom stereocenters. The van der Waals surface area contributed by atoms with Gasteiger partial charge < -0.3 is 10.6 Å². The first-order chi connectivity index (χ1) is 9.65. The van der Waals surface area contributed by atoms with Crippen LogP contribution in [0.2, 0.25) is 0 Å². The van der Waals surface area contributed by atoms with Crippen molar-refractivity contribution >= 4 is 11.6 Å². The first-order valence-electron chi connectivity index (χ1n) is 7.73. The minimum Gasteiger partial charge on any atom is -0.373 e. The number of likely N-dealkylation sites (tertiary alicyclic amines) is 1. The number of anilines is 2. The van der Waals surface area contributed by atoms with Crippen molar-refractivity contribution in [3.8, 4) is 0 Å². The molecule has 20 heavy (non-hydrogen) atoms. The Morgan fingerprint density at radius 1 is 1.20 bits per heavy atom. The third-order valence-corrected chi connectivity index (χ3v) is 4.15. The molecule has 5 nitrogen and oxygen atoms in total. The van der Waals surface area contributed by atoms with Gasteiger partial charge in [-0.25, -0.2) is 9.97 Å². The van der Waals surface area contributed by atoms with Crippen LogP contribution < -0.4 is 10.6 Å². The molecule has 1 atom stereocenters. The van der Waals surface area contributed by atoms with Crippen molar-refractivity contribution in [1.82, 2.24) is 14.9 Å². The van der Waals surface area contributed by atoms with E-state index in [-0.39, 0.29) is 0 Å². The summed E-state index contributed by atoms with van der Waals surface area (Å²) in [6, 6.07) is 3.40. The van der Waals surface area contributed by atoms with Crippen molar-refractivity contribution < 1.29 is 0 Å². The molecule has 0 bridgehead atoms. The molecule has 2 fully saturated rings. The Bertz CT molecular complexity index is 469. The Balaban J connectivity index is 1.68. The fourth-order valence-corrected chi connectivity index (χ4v) is 2.81. The van der Waals surface area contributed by atoms with Gasteiger partial charge in [-0.05, 0) is 19.3 Å². The minimum atomic E-state index is 0.343. The SMILES string of the molecule is CNc1cc(NC2CCN(C3CC3)C2)nc(C(C)C)n1. The van der Waals surface area contributed by atoms with Crippen molar-refractivity contribution in [2.75, 3.05) is 30.8 Å². The van der Waals surface area contributed by atoms with Crippen LogP contribution in [0.5, 0.6) is 0 Å². The first kappa shape index (κ1) is 13.6. The molecule has 1 aliphatic heterocycles. The average Bonchev–Trinajstić information content (AvgIpc) is 3.19. The van der Waals surface area contributed by atoms with E-state index in [2.05, 4.69) is 39.3 Å². The molecule has 0 aromatic carbocycles. The van der Waals surface area contributed by atoms with E-state index in [9.17, 15) is 0 Å². The normalized spacial score (nSPS) is 23.3. The fraction of sp³-hybridized carbons (Fsp3) is 0.733. The molecule has 0 radical (unpaired) electrons. The van der Waals surface area contributed by atoms with Gasteiger partial charge in [-0.15, -0.1) is 0 Å². The minimum absolute atomic E-state index is 0.343. The Morgan fingerprint density at radius 2 is 1.95 bits per heavy atom. The van der Waals surface area contributed by atoms with Crippen molar-refractivity contribution in [3.63, 3.8) is 0 Å². The van der Waals surface area contributed by atoms with Gasteiger partial charge in [0.25, 0.3) is 0 Å². The van der Waals surface area contributed by atoms with E-state index in [1.165, 1.54) is 25.8 Å². The molecule has 2 heterocycles. The van der Waals surface area contributed by atoms with Crippen LogP contribution in [0.25, 0.3) is 0 Å². The summed E-state index contributed by atoms with van der Waals surface area (Å²) < 4.78 is 0. The van der Waals surface area contributed by atoms with Gasteiger partial charge in [-0.1, -0.05) is 13.8 Å². The van der Waals surface area contributed by atoms with Crippen LogP contribution >= 0.6 is 0 Å². The third kappa shape index (κ3) is 3.03. The van der Waals surface area contributed by atoms with E-state index < -0.39 is 0 Å². The number of hydrogen-bond donors (Lipinski definition) is 2. The van der Waals surface area contributed by atoms with Gasteiger partial charge in [0, 0.05) is 44.2 Å². The van der Waals surface area contributed by atoms with Crippen molar-refractivity contribution in [3.05, 3.63) is 11.9 Å². The van der Waals surface area contributed by atoms with Crippen LogP contribution in [-0.2, 0) is 0 Å². The molecule has 1 saturated heterocycles. The lowest BCUT2D eigenvalue weighted by molar-refractivity contribution is 0.326. The number of rotatable bonds is 5. The van der Waals surface area contributed by atoms with Gasteiger partial charge in [0.15, 0.2) is 0 Å². The molecule has 0 spiro atoms. The van der Waals surface area contributed by atoms with Gasteiger partial charge in [-0.3, -0.25) is 4.90 Å². The molecule has 3 rings (SSSR count). The van der Waals surface area contributed by atoms with Gasteiger partial charge >= 0.3 is 0 Å². The highest BCUT2D eigenvalue weighted by molar-refractivity contribution is 5.48. The molecular formula is C15H25N5. The molecular weight excluding hydrogens is 250 g/mol. The molecule has 1 aliphatic carbocycles. The number of aromatic nitrogens is 2. The van der Waals surface area contributed by atoms with E-state index in [1.807, 2.05) is 13.1 Å². The third-order valence-electron chi connectivity index (χ3n) is 4.15. The van der Waals surface area contributed by atoms with E-state index in [4.69, 9.17) is 0 Å². The van der Waals surface area contributed by atoms with Crippen LogP contribution in [0.15, 0.2) is 6.07 Å². The highest BCUT2D eigenvalue weighted by Crippen LogP contribution is 2.30. The van der Waals surface area contributed by atoms with Gasteiger partial charge in [-0.2, -0.15) is 0 Å². The Morgan fingerprint density at radius 3 is 2.60 bits per heavy atom. The second kappa shape index (κ2) is 5.56. The van der Waals surface area contributed by atoms with Crippen LogP contribution in [0.1, 0.15) is 44.9 Å². The van der Waals surface area contributed by atoms with Gasteiger partial charge in [0.1, 0.15) is 17.5 Å². The summed E-state index contributed by atoms with van der Waals surface area (Å²) in [5.41, 5.74) is 0. The van der Waals surface area contributed by atoms with Crippen molar-refractivity contribution in [2.24, 2.45) is 0 Å². The van der Waals surface area contributed by atoms with Gasteiger partial charge in [0.05, 0.1) is 0 Å². The largest absolute Gasteiger partial charge is 0.373 e. The summed E-state index contributed by atoms with van der Waals surface area (Å²) in [4.78, 5) is 11.8. The molecule has 2 aliphatic rings. The molecule has 1 aromatic heterocycles. The molecule has 0 amide bonds. The first-order valence-corrected chi connectivity index (χ1v) is 7.73. The Kier molecular flexibility index (Phi) is 3.78. The zero-order valence-electron chi connectivity index (χ0n) is 12.7. The van der Waals surface area contributed by atoms with E-state index >= 15 is 0 Å². The lowest BCUT2D eigenvalue weighted by Gasteiger charge is -2.17. The zero-order valence-corrected chi connectivity index (χ0v) is 12.7. The summed E-state index contributed by atoms with van der Waals surface area (Å²) >= 11 is 0. The van der Waals surface area contributed by atoms with Crippen LogP contribution in [-0.4, -0.2) is 47.1 Å². The number of nitrogens with one attached hydrogen (secondary N) is 2. The summed E-state index contributed by atoms with van der Waals surface area (Å²) in [5, 5.41) is 6.71. The number of nitrogens with zero attached hydrogens (tertiary/aromatic N) is 3. The maximum atomic E-state index is 4.65. The lowest BCUT2D eigenvalue weighted by atomic mass is 10.2. The van der Waals surface area contributed by atoms with E-state index in [0.717, 1.165) is 30.0 Å². The van der Waals surface area contributed by atoms with Gasteiger partial charge in [0.2, 0.25) is 0 Å². The second-order valence-electron chi connectivity index (χ2n) is 6.26. The Hall–Kier alpha value is -1.36. The molecule has 110 valence electrons. The summed E-state index contributed by atoms with van der Waals surface area (Å²) in [6.07, 6.45) is 4.00. The monoisotopic (exact) mass is 275 g/mol. The molecule has 1 aromatic rings. The summed E-state index contributed by atoms with van der Waals surface area (Å²) in [5.74, 6) is 3.09. The fourth-order valence-electron chi connectivity index (χ4n) is 2.81. The van der Waals surface area contributed by atoms with Crippen molar-refractivity contribution in [1.29, 1.82) is 0 Å². The van der Waals surface area contributed by atoms with Crippen molar-refractivity contribution in [2.45, 2.75) is 51.1 Å². The van der Waals surface area contributed by atoms with Crippen LogP contribution in [0, 0.1) is 0 Å². The maximum Gasteiger partial charge on any atom is 0.135 e. The summed E-state index contributed by atoms with van der Waals surface area (Å²) in [7, 11) is 1.90. The predicted octanol–water partition coefficient (Wildman–Crippen LogP) is 2.29. The topological polar surface area (TPSA) is 53.1 Å². The highest BCUT2D eigenvalue weighted by atomic mass is 15.2. The molecule has 1 saturated carbocycles. The van der Waals surface area contributed by atoms with Crippen LogP contribution in [0.3, 0.4) is 0 Å². The van der Waals surface area contributed by atoms with E-state index in [1.54, 1.807) is 0 Å². The number of hydrogen-bond acceptors (Lipinski definition) is 5. The smallest absolute Gasteiger partial charge is 0.135 e. The predicted molar refractivity (Wildman–Crippen MR) is 82.3 cm³/mol. The second-order valence-corrected chi connectivity index (χ2v) is 6.26. The standard InChI is InChI=1S/C15H25N5/c1-10(2)15-18-13(16-3)8-14(19-15)17-11-6-7-20(9-11)12-4-5-12/h8,10-12H,4-7,9H2,1-3H3,(H2,16,17,18,19). The maximum absolute atomic E-state index is 4.65. The molecule has 5 heteroatoms.